The van der Waals surface area contributed by atoms with Gasteiger partial charge in [0.05, 0.1) is 11.0 Å². The number of hydrogen-bond donors (Lipinski definition) is 0. The molecule has 266 valence electrons. The van der Waals surface area contributed by atoms with Crippen LogP contribution in [0.25, 0.3) is 117 Å². The van der Waals surface area contributed by atoms with Gasteiger partial charge in [0.25, 0.3) is 0 Å². The first-order chi connectivity index (χ1) is 28.2. The largest absolute Gasteiger partial charge is 0.456 e. The summed E-state index contributed by atoms with van der Waals surface area (Å²) in [7, 11) is 0. The summed E-state index contributed by atoms with van der Waals surface area (Å²) in [6, 6.07) is 62.8. The quantitative estimate of drug-likeness (QED) is 0.176. The molecule has 0 N–H and O–H groups in total. The molecule has 6 nitrogen and oxygen atoms in total. The number of aromatic nitrogens is 4. The molecular formula is C51H30N4O2. The Morgan fingerprint density at radius 2 is 0.737 bits per heavy atom. The molecule has 0 aliphatic carbocycles. The highest BCUT2D eigenvalue weighted by Crippen LogP contribution is 2.39. The van der Waals surface area contributed by atoms with E-state index in [1.807, 2.05) is 72.8 Å². The van der Waals surface area contributed by atoms with Gasteiger partial charge in [-0.25, -0.2) is 15.0 Å². The summed E-state index contributed by atoms with van der Waals surface area (Å²) < 4.78 is 15.2. The Morgan fingerprint density at radius 1 is 0.298 bits per heavy atom. The van der Waals surface area contributed by atoms with Crippen LogP contribution >= 0.6 is 0 Å². The molecule has 0 spiro atoms. The Bertz CT molecular complexity index is 3410. The van der Waals surface area contributed by atoms with Crippen LogP contribution in [0.15, 0.2) is 191 Å². The minimum atomic E-state index is 0.605. The van der Waals surface area contributed by atoms with Crippen molar-refractivity contribution < 1.29 is 8.83 Å². The SMILES string of the molecule is c1ccc(-c2nc(-c3ccccc3)nc(-c3ccc4oc5ccc(-c6ccc7oc8cc(-n9c%10ccccc%10c%10ccccc%109)ccc8c7c6)cc5c4c3)n2)cc1. The zero-order chi connectivity index (χ0) is 37.5. The summed E-state index contributed by atoms with van der Waals surface area (Å²) >= 11 is 0. The fraction of sp³-hybridized carbons (Fsp3) is 0. The van der Waals surface area contributed by atoms with Crippen molar-refractivity contribution in [3.63, 3.8) is 0 Å². The van der Waals surface area contributed by atoms with E-state index in [1.165, 1.54) is 21.8 Å². The molecular weight excluding hydrogens is 701 g/mol. The number of para-hydroxylation sites is 2. The van der Waals surface area contributed by atoms with Crippen molar-refractivity contribution >= 4 is 65.7 Å². The van der Waals surface area contributed by atoms with E-state index < -0.39 is 0 Å². The second-order valence-electron chi connectivity index (χ2n) is 14.4. The van der Waals surface area contributed by atoms with E-state index in [0.717, 1.165) is 77.4 Å². The highest BCUT2D eigenvalue weighted by molar-refractivity contribution is 6.11. The van der Waals surface area contributed by atoms with Gasteiger partial charge < -0.3 is 13.4 Å². The predicted octanol–water partition coefficient (Wildman–Crippen LogP) is 13.4. The molecule has 4 heterocycles. The molecule has 12 aromatic rings. The summed E-state index contributed by atoms with van der Waals surface area (Å²) in [4.78, 5) is 14.8. The van der Waals surface area contributed by atoms with Crippen molar-refractivity contribution in [1.29, 1.82) is 0 Å². The summed E-state index contributed by atoms with van der Waals surface area (Å²) in [5.74, 6) is 1.86. The molecule has 57 heavy (non-hydrogen) atoms. The number of furan rings is 2. The molecule has 0 saturated carbocycles. The fourth-order valence-corrected chi connectivity index (χ4v) is 8.32. The Labute approximate surface area is 325 Å². The van der Waals surface area contributed by atoms with Crippen LogP contribution in [0.1, 0.15) is 0 Å². The third-order valence-corrected chi connectivity index (χ3v) is 11.1. The smallest absolute Gasteiger partial charge is 0.164 e. The number of fused-ring (bicyclic) bond motifs is 9. The fourth-order valence-electron chi connectivity index (χ4n) is 8.32. The van der Waals surface area contributed by atoms with Crippen LogP contribution in [-0.2, 0) is 0 Å². The summed E-state index contributed by atoms with van der Waals surface area (Å²) in [6.07, 6.45) is 0. The molecule has 0 aliphatic rings. The van der Waals surface area contributed by atoms with Crippen LogP contribution in [0.4, 0.5) is 0 Å². The first-order valence-electron chi connectivity index (χ1n) is 19.0. The number of nitrogens with zero attached hydrogens (tertiary/aromatic N) is 4. The first-order valence-corrected chi connectivity index (χ1v) is 19.0. The molecule has 0 aliphatic heterocycles. The minimum absolute atomic E-state index is 0.605. The van der Waals surface area contributed by atoms with E-state index in [-0.39, 0.29) is 0 Å². The van der Waals surface area contributed by atoms with Gasteiger partial charge in [-0.15, -0.1) is 0 Å². The van der Waals surface area contributed by atoms with Gasteiger partial charge in [-0.2, -0.15) is 0 Å². The first kappa shape index (κ1) is 31.5. The number of benzene rings is 8. The molecule has 0 radical (unpaired) electrons. The topological polar surface area (TPSA) is 69.9 Å². The standard InChI is InChI=1S/C51H30N4O2/c1-3-11-31(12-4-1)49-52-50(32-13-5-2-6-14-32)54-51(53-49)35-21-26-47-42(29-35)41-28-34(20-25-46(41)56-47)33-19-24-45-40(27-33)39-23-22-36(30-48(39)57-45)55-43-17-9-7-15-37(43)38-16-8-10-18-44(38)55/h1-30H. The maximum atomic E-state index is 6.51. The van der Waals surface area contributed by atoms with Gasteiger partial charge >= 0.3 is 0 Å². The van der Waals surface area contributed by atoms with Gasteiger partial charge in [0.15, 0.2) is 17.5 Å². The van der Waals surface area contributed by atoms with Gasteiger partial charge in [0, 0.05) is 60.8 Å². The van der Waals surface area contributed by atoms with Crippen LogP contribution in [0.5, 0.6) is 0 Å². The van der Waals surface area contributed by atoms with Crippen molar-refractivity contribution in [3.05, 3.63) is 182 Å². The minimum Gasteiger partial charge on any atom is -0.456 e. The molecule has 0 saturated heterocycles. The predicted molar refractivity (Wildman–Crippen MR) is 230 cm³/mol. The van der Waals surface area contributed by atoms with E-state index in [9.17, 15) is 0 Å². The van der Waals surface area contributed by atoms with E-state index in [2.05, 4.69) is 114 Å². The number of rotatable bonds is 5. The lowest BCUT2D eigenvalue weighted by Crippen LogP contribution is -2.00. The van der Waals surface area contributed by atoms with Gasteiger partial charge in [-0.1, -0.05) is 109 Å². The maximum absolute atomic E-state index is 6.51. The lowest BCUT2D eigenvalue weighted by molar-refractivity contribution is 0.668. The molecule has 0 amide bonds. The van der Waals surface area contributed by atoms with E-state index in [0.29, 0.717) is 17.5 Å². The molecule has 0 bridgehead atoms. The highest BCUT2D eigenvalue weighted by Gasteiger charge is 2.17. The second kappa shape index (κ2) is 12.3. The molecule has 0 atom stereocenters. The van der Waals surface area contributed by atoms with Crippen LogP contribution in [0.2, 0.25) is 0 Å². The zero-order valence-electron chi connectivity index (χ0n) is 30.4. The van der Waals surface area contributed by atoms with Crippen LogP contribution in [-0.4, -0.2) is 19.5 Å². The normalized spacial score (nSPS) is 11.9. The van der Waals surface area contributed by atoms with E-state index >= 15 is 0 Å². The summed E-state index contributed by atoms with van der Waals surface area (Å²) in [6.45, 7) is 0. The third-order valence-electron chi connectivity index (χ3n) is 11.1. The zero-order valence-corrected chi connectivity index (χ0v) is 30.4. The summed E-state index contributed by atoms with van der Waals surface area (Å²) in [5, 5.41) is 6.66. The van der Waals surface area contributed by atoms with Crippen LogP contribution in [0, 0.1) is 0 Å². The second-order valence-corrected chi connectivity index (χ2v) is 14.4. The van der Waals surface area contributed by atoms with Gasteiger partial charge in [0.1, 0.15) is 22.3 Å². The van der Waals surface area contributed by atoms with Crippen molar-refractivity contribution in [2.45, 2.75) is 0 Å². The Balaban J connectivity index is 0.952. The van der Waals surface area contributed by atoms with Crippen molar-refractivity contribution in [3.8, 4) is 51.0 Å². The van der Waals surface area contributed by atoms with Crippen molar-refractivity contribution in [1.82, 2.24) is 19.5 Å². The highest BCUT2D eigenvalue weighted by atomic mass is 16.3. The third kappa shape index (κ3) is 5.08. The maximum Gasteiger partial charge on any atom is 0.164 e. The van der Waals surface area contributed by atoms with Gasteiger partial charge in [-0.05, 0) is 77.9 Å². The Kier molecular flexibility index (Phi) is 6.83. The molecule has 12 rings (SSSR count). The number of hydrogen-bond acceptors (Lipinski definition) is 5. The Hall–Kier alpha value is -7.83. The molecule has 0 fully saturated rings. The average Bonchev–Trinajstić information content (AvgIpc) is 3.95. The lowest BCUT2D eigenvalue weighted by Gasteiger charge is -2.08. The molecule has 8 aromatic carbocycles. The molecule has 6 heteroatoms. The van der Waals surface area contributed by atoms with Gasteiger partial charge in [-0.3, -0.25) is 0 Å². The van der Waals surface area contributed by atoms with Crippen molar-refractivity contribution in [2.75, 3.05) is 0 Å². The van der Waals surface area contributed by atoms with Crippen LogP contribution < -0.4 is 0 Å². The monoisotopic (exact) mass is 730 g/mol. The van der Waals surface area contributed by atoms with Gasteiger partial charge in [0.2, 0.25) is 0 Å². The summed E-state index contributed by atoms with van der Waals surface area (Å²) in [5.41, 5.74) is 11.7. The molecule has 0 unspecified atom stereocenters. The molecule has 4 aromatic heterocycles. The lowest BCUT2D eigenvalue weighted by atomic mass is 10.00. The van der Waals surface area contributed by atoms with Crippen molar-refractivity contribution in [2.24, 2.45) is 0 Å². The van der Waals surface area contributed by atoms with Crippen LogP contribution in [0.3, 0.4) is 0 Å². The average molecular weight is 731 g/mol. The van der Waals surface area contributed by atoms with E-state index in [4.69, 9.17) is 23.8 Å². The van der Waals surface area contributed by atoms with E-state index in [1.54, 1.807) is 0 Å². The Morgan fingerprint density at radius 3 is 1.30 bits per heavy atom.